The summed E-state index contributed by atoms with van der Waals surface area (Å²) >= 11 is 3.70. The van der Waals surface area contributed by atoms with Crippen LogP contribution in [0.2, 0.25) is 0 Å². The largest absolute Gasteiger partial charge is 0.335 e. The zero-order valence-corrected chi connectivity index (χ0v) is 17.1. The summed E-state index contributed by atoms with van der Waals surface area (Å²) in [5.74, 6) is 0. The van der Waals surface area contributed by atoms with Crippen LogP contribution in [0, 0.1) is 0 Å². The van der Waals surface area contributed by atoms with E-state index in [1.165, 1.54) is 40.9 Å². The first-order valence-corrected chi connectivity index (χ1v) is 10.9. The van der Waals surface area contributed by atoms with E-state index in [9.17, 15) is 0 Å². The predicted molar refractivity (Wildman–Crippen MR) is 126 cm³/mol. The van der Waals surface area contributed by atoms with Crippen molar-refractivity contribution in [3.63, 3.8) is 0 Å². The van der Waals surface area contributed by atoms with E-state index < -0.39 is 0 Å². The number of nitrogens with zero attached hydrogens (tertiary/aromatic N) is 2. The molecule has 5 aromatic rings. The van der Waals surface area contributed by atoms with Gasteiger partial charge in [0.2, 0.25) is 0 Å². The zero-order valence-electron chi connectivity index (χ0n) is 15.5. The van der Waals surface area contributed by atoms with E-state index in [2.05, 4.69) is 83.0 Å². The summed E-state index contributed by atoms with van der Waals surface area (Å²) in [5.41, 5.74) is 5.02. The number of para-hydroxylation sites is 2. The molecular weight excluding hydrogens is 380 g/mol. The third kappa shape index (κ3) is 2.68. The molecule has 2 aromatic heterocycles. The van der Waals surface area contributed by atoms with Crippen molar-refractivity contribution in [2.24, 2.45) is 0 Å². The summed E-state index contributed by atoms with van der Waals surface area (Å²) < 4.78 is 9.88. The minimum atomic E-state index is 0.793. The Morgan fingerprint density at radius 3 is 1.46 bits per heavy atom. The molecule has 0 aliphatic rings. The molecule has 0 bridgehead atoms. The molecular formula is C24H20N2S2. The highest BCUT2D eigenvalue weighted by Gasteiger charge is 2.11. The first-order chi connectivity index (χ1) is 13.8. The van der Waals surface area contributed by atoms with Crippen molar-refractivity contribution in [2.75, 3.05) is 0 Å². The van der Waals surface area contributed by atoms with Gasteiger partial charge in [0.25, 0.3) is 0 Å². The quantitative estimate of drug-likeness (QED) is 0.218. The van der Waals surface area contributed by atoms with Gasteiger partial charge in [-0.05, 0) is 36.4 Å². The van der Waals surface area contributed by atoms with E-state index in [4.69, 9.17) is 0 Å². The molecule has 138 valence electrons. The molecule has 28 heavy (non-hydrogen) atoms. The molecule has 0 aliphatic heterocycles. The normalized spacial score (nSPS) is 11.4. The van der Waals surface area contributed by atoms with E-state index in [-0.39, 0.29) is 0 Å². The van der Waals surface area contributed by atoms with Gasteiger partial charge < -0.3 is 9.13 Å². The monoisotopic (exact) mass is 400 g/mol. The van der Waals surface area contributed by atoms with Crippen molar-refractivity contribution in [1.29, 1.82) is 0 Å². The lowest BCUT2D eigenvalue weighted by molar-refractivity contribution is 0.891. The van der Waals surface area contributed by atoms with Crippen molar-refractivity contribution < 1.29 is 0 Å². The zero-order chi connectivity index (χ0) is 19.1. The highest BCUT2D eigenvalue weighted by atomic mass is 32.1. The van der Waals surface area contributed by atoms with E-state index >= 15 is 0 Å². The summed E-state index contributed by atoms with van der Waals surface area (Å²) in [4.78, 5) is 0. The fourth-order valence-electron chi connectivity index (χ4n) is 3.80. The van der Waals surface area contributed by atoms with Gasteiger partial charge in [0.05, 0.1) is 40.9 Å². The smallest absolute Gasteiger partial charge is 0.0605 e. The van der Waals surface area contributed by atoms with Crippen molar-refractivity contribution in [1.82, 2.24) is 9.13 Å². The molecule has 0 unspecified atom stereocenters. The summed E-state index contributed by atoms with van der Waals surface area (Å²) in [6.07, 6.45) is 3.95. The Morgan fingerprint density at radius 1 is 0.607 bits per heavy atom. The molecule has 3 aromatic carbocycles. The molecule has 0 amide bonds. The minimum absolute atomic E-state index is 0.793. The van der Waals surface area contributed by atoms with Crippen LogP contribution in [0.1, 0.15) is 0 Å². The topological polar surface area (TPSA) is 9.86 Å². The Kier molecular flexibility index (Phi) is 4.30. The molecule has 0 radical (unpaired) electrons. The number of rotatable bonds is 4. The van der Waals surface area contributed by atoms with Crippen LogP contribution in [0.4, 0.5) is 0 Å². The minimum Gasteiger partial charge on any atom is -0.335 e. The molecule has 0 N–H and O–H groups in total. The van der Waals surface area contributed by atoms with E-state index in [0.717, 1.165) is 13.1 Å². The molecule has 2 heterocycles. The second kappa shape index (κ2) is 6.97. The van der Waals surface area contributed by atoms with Gasteiger partial charge in [-0.25, -0.2) is 0 Å². The molecule has 0 saturated carbocycles. The van der Waals surface area contributed by atoms with Gasteiger partial charge in [-0.15, -0.1) is 35.8 Å². The Labute approximate surface area is 171 Å². The highest BCUT2D eigenvalue weighted by Crippen LogP contribution is 2.35. The summed E-state index contributed by atoms with van der Waals surface area (Å²) in [7, 11) is 0. The SMILES string of the molecule is C=CCn1c2ccccc2sc2cc3c(cc21)sc1ccccc1n3CC=C. The average Bonchev–Trinajstić information content (AvgIpc) is 2.73. The maximum absolute atomic E-state index is 3.98. The van der Waals surface area contributed by atoms with Gasteiger partial charge in [0.1, 0.15) is 0 Å². The number of aromatic nitrogens is 2. The van der Waals surface area contributed by atoms with E-state index in [0.29, 0.717) is 0 Å². The van der Waals surface area contributed by atoms with Crippen molar-refractivity contribution in [2.45, 2.75) is 13.1 Å². The summed E-state index contributed by atoms with van der Waals surface area (Å²) in [5, 5.41) is 0. The fourth-order valence-corrected chi connectivity index (χ4v) is 6.03. The molecule has 2 nitrogen and oxygen atoms in total. The average molecular weight is 401 g/mol. The first kappa shape index (κ1) is 17.3. The number of benzene rings is 3. The first-order valence-electron chi connectivity index (χ1n) is 9.29. The highest BCUT2D eigenvalue weighted by molar-refractivity contribution is 7.25. The number of hydrogen-bond acceptors (Lipinski definition) is 2. The summed E-state index contributed by atoms with van der Waals surface area (Å²) in [6, 6.07) is 21.9. The maximum Gasteiger partial charge on any atom is 0.0605 e. The van der Waals surface area contributed by atoms with Crippen molar-refractivity contribution >= 4 is 63.5 Å². The molecule has 0 fully saturated rings. The van der Waals surface area contributed by atoms with Crippen LogP contribution in [-0.4, -0.2) is 9.13 Å². The third-order valence-electron chi connectivity index (χ3n) is 5.00. The van der Waals surface area contributed by atoms with Crippen molar-refractivity contribution in [3.05, 3.63) is 86.0 Å². The van der Waals surface area contributed by atoms with Crippen LogP contribution in [0.5, 0.6) is 0 Å². The van der Waals surface area contributed by atoms with Crippen LogP contribution in [0.3, 0.4) is 0 Å². The van der Waals surface area contributed by atoms with Gasteiger partial charge in [-0.1, -0.05) is 36.4 Å². The third-order valence-corrected chi connectivity index (χ3v) is 7.22. The van der Waals surface area contributed by atoms with Crippen LogP contribution < -0.4 is 0 Å². The molecule has 4 heteroatoms. The van der Waals surface area contributed by atoms with E-state index in [1.54, 1.807) is 0 Å². The van der Waals surface area contributed by atoms with Crippen LogP contribution in [0.15, 0.2) is 86.0 Å². The molecule has 0 saturated heterocycles. The van der Waals surface area contributed by atoms with Crippen LogP contribution in [0.25, 0.3) is 40.9 Å². The molecule has 5 rings (SSSR count). The fraction of sp³-hybridized carbons (Fsp3) is 0.0833. The standard InChI is InChI=1S/C24H20N2S2/c1-3-13-25-17-9-5-7-11-21(17)27-23-16-20-24(15-19(23)25)28-22-12-8-6-10-18(22)26(20)14-4-2/h3-12,15-16H,1-2,13-14H2. The Bertz CT molecular complexity index is 1300. The van der Waals surface area contributed by atoms with Crippen LogP contribution >= 0.6 is 22.7 Å². The van der Waals surface area contributed by atoms with Gasteiger partial charge >= 0.3 is 0 Å². The second-order valence-corrected chi connectivity index (χ2v) is 8.89. The number of fused-ring (bicyclic) bond motifs is 4. The van der Waals surface area contributed by atoms with Crippen LogP contribution in [-0.2, 0) is 13.1 Å². The Balaban J connectivity index is 1.98. The molecule has 0 spiro atoms. The summed E-state index contributed by atoms with van der Waals surface area (Å²) in [6.45, 7) is 9.55. The maximum atomic E-state index is 3.98. The molecule has 0 aliphatic carbocycles. The second-order valence-electron chi connectivity index (χ2n) is 6.73. The van der Waals surface area contributed by atoms with Crippen molar-refractivity contribution in [3.8, 4) is 0 Å². The number of hydrogen-bond donors (Lipinski definition) is 0. The Hall–Kier alpha value is -2.82. The van der Waals surface area contributed by atoms with Gasteiger partial charge in [-0.3, -0.25) is 0 Å². The van der Waals surface area contributed by atoms with Gasteiger partial charge in [-0.2, -0.15) is 0 Å². The van der Waals surface area contributed by atoms with E-state index in [1.807, 2.05) is 34.8 Å². The molecule has 0 atom stereocenters. The van der Waals surface area contributed by atoms with Gasteiger partial charge in [0.15, 0.2) is 0 Å². The lowest BCUT2D eigenvalue weighted by Crippen LogP contribution is -2.02. The lowest BCUT2D eigenvalue weighted by Gasteiger charge is -2.17. The lowest BCUT2D eigenvalue weighted by atomic mass is 10.2. The van der Waals surface area contributed by atoms with Gasteiger partial charge in [0, 0.05) is 13.1 Å². The number of allylic oxidation sites excluding steroid dienone is 2. The predicted octanol–water partition coefficient (Wildman–Crippen LogP) is 7.52. The Morgan fingerprint density at radius 2 is 1.04 bits per heavy atom.